The first-order chi connectivity index (χ1) is 2.73. The number of hydrogen-bond acceptors (Lipinski definition) is 3. The van der Waals surface area contributed by atoms with Gasteiger partial charge in [-0.15, -0.1) is 0 Å². The highest BCUT2D eigenvalue weighted by Gasteiger charge is 1.62. The molecule has 0 bridgehead atoms. The van der Waals surface area contributed by atoms with E-state index in [2.05, 4.69) is 0 Å². The summed E-state index contributed by atoms with van der Waals surface area (Å²) < 4.78 is 22.8. The Morgan fingerprint density at radius 3 is 1.29 bits per heavy atom. The van der Waals surface area contributed by atoms with Gasteiger partial charge in [0.2, 0.25) is 0 Å². The maximum atomic E-state index is 8.67. The molecule has 0 saturated carbocycles. The molecule has 7 heavy (non-hydrogen) atoms. The van der Waals surface area contributed by atoms with Gasteiger partial charge in [-0.25, -0.2) is 0 Å². The standard InChI is InChI=1S/CH2O.H3N.H2O3S/c1-2;;1-4(2)3/h1H2;1H3;(H2,1,2,3). The van der Waals surface area contributed by atoms with Crippen molar-refractivity contribution < 1.29 is 18.1 Å². The summed E-state index contributed by atoms with van der Waals surface area (Å²) in [6, 6.07) is 0. The molecule has 0 saturated heterocycles. The van der Waals surface area contributed by atoms with Crippen molar-refractivity contribution in [3.8, 4) is 0 Å². The molecule has 5 N–H and O–H groups in total. The zero-order valence-corrected chi connectivity index (χ0v) is 4.35. The fraction of sp³-hybridized carbons (Fsp3) is 0. The molecule has 0 unspecified atom stereocenters. The lowest BCUT2D eigenvalue weighted by molar-refractivity contribution is -0.0979. The highest BCUT2D eigenvalue weighted by molar-refractivity contribution is 7.73. The molecular formula is CH7NO4S. The molecule has 5 nitrogen and oxygen atoms in total. The summed E-state index contributed by atoms with van der Waals surface area (Å²) in [5, 5.41) is 0. The third-order valence-corrected chi connectivity index (χ3v) is 0. The van der Waals surface area contributed by atoms with Gasteiger partial charge >= 0.3 is 0 Å². The zero-order chi connectivity index (χ0) is 5.58. The van der Waals surface area contributed by atoms with Crippen LogP contribution in [0.3, 0.4) is 0 Å². The molecule has 0 heterocycles. The lowest BCUT2D eigenvalue weighted by Gasteiger charge is -1.59. The van der Waals surface area contributed by atoms with Gasteiger partial charge in [-0.2, -0.15) is 4.21 Å². The van der Waals surface area contributed by atoms with Gasteiger partial charge < -0.3 is 10.9 Å². The Morgan fingerprint density at radius 1 is 1.29 bits per heavy atom. The second-order valence-corrected chi connectivity index (χ2v) is 0.692. The fourth-order valence-electron chi connectivity index (χ4n) is 0. The predicted molar refractivity (Wildman–Crippen MR) is 25.5 cm³/mol. The van der Waals surface area contributed by atoms with Crippen molar-refractivity contribution in [1.29, 1.82) is 0 Å². The van der Waals surface area contributed by atoms with E-state index in [0.29, 0.717) is 0 Å². The fourth-order valence-corrected chi connectivity index (χ4v) is 0. The summed E-state index contributed by atoms with van der Waals surface area (Å²) in [5.74, 6) is 0. The molecule has 0 rings (SSSR count). The number of carbonyl (C=O) groups excluding carboxylic acids is 1. The Hall–Kier alpha value is -0.300. The van der Waals surface area contributed by atoms with Crippen LogP contribution in [0, 0.1) is 0 Å². The van der Waals surface area contributed by atoms with E-state index in [9.17, 15) is 0 Å². The van der Waals surface area contributed by atoms with Crippen LogP contribution in [-0.4, -0.2) is 20.1 Å². The second-order valence-electron chi connectivity index (χ2n) is 0.231. The van der Waals surface area contributed by atoms with Gasteiger partial charge in [0.1, 0.15) is 6.79 Å². The lowest BCUT2D eigenvalue weighted by Crippen LogP contribution is -1.74. The van der Waals surface area contributed by atoms with E-state index < -0.39 is 11.4 Å². The summed E-state index contributed by atoms with van der Waals surface area (Å²) in [5.41, 5.74) is 0. The van der Waals surface area contributed by atoms with Crippen molar-refractivity contribution in [3.63, 3.8) is 0 Å². The molecule has 0 amide bonds. The summed E-state index contributed by atoms with van der Waals surface area (Å²) in [7, 11) is 0. The van der Waals surface area contributed by atoms with Gasteiger partial charge in [-0.3, -0.25) is 9.11 Å². The highest BCUT2D eigenvalue weighted by atomic mass is 32.2. The van der Waals surface area contributed by atoms with E-state index in [0.717, 1.165) is 0 Å². The first kappa shape index (κ1) is 15.9. The molecular weight excluding hydrogens is 122 g/mol. The normalized spacial score (nSPS) is 5.57. The predicted octanol–water partition coefficient (Wildman–Crippen LogP) is -0.342. The average molecular weight is 129 g/mol. The number of hydrogen-bond donors (Lipinski definition) is 3. The lowest BCUT2D eigenvalue weighted by atomic mass is 11.9. The quantitative estimate of drug-likeness (QED) is 0.387. The zero-order valence-electron chi connectivity index (χ0n) is 3.53. The Morgan fingerprint density at radius 2 is 1.29 bits per heavy atom. The Labute approximate surface area is 43.4 Å². The van der Waals surface area contributed by atoms with E-state index in [-0.39, 0.29) is 6.15 Å². The van der Waals surface area contributed by atoms with Crippen molar-refractivity contribution in [2.75, 3.05) is 0 Å². The molecule has 0 radical (unpaired) electrons. The van der Waals surface area contributed by atoms with Gasteiger partial charge in [0.25, 0.3) is 11.4 Å². The molecule has 6 heteroatoms. The van der Waals surface area contributed by atoms with Crippen LogP contribution in [0.4, 0.5) is 0 Å². The third-order valence-electron chi connectivity index (χ3n) is 0. The minimum atomic E-state index is -2.61. The van der Waals surface area contributed by atoms with Crippen LogP contribution >= 0.6 is 0 Å². The minimum Gasteiger partial charge on any atom is -0.344 e. The van der Waals surface area contributed by atoms with Crippen molar-refractivity contribution in [1.82, 2.24) is 6.15 Å². The van der Waals surface area contributed by atoms with Gasteiger partial charge in [-0.05, 0) is 0 Å². The van der Waals surface area contributed by atoms with E-state index >= 15 is 0 Å². The van der Waals surface area contributed by atoms with Crippen LogP contribution in [0.2, 0.25) is 0 Å². The smallest absolute Gasteiger partial charge is 0.299 e. The van der Waals surface area contributed by atoms with Gasteiger partial charge in [0.05, 0.1) is 0 Å². The molecule has 0 aromatic carbocycles. The van der Waals surface area contributed by atoms with Crippen molar-refractivity contribution in [2.24, 2.45) is 0 Å². The first-order valence-corrected chi connectivity index (χ1v) is 1.88. The van der Waals surface area contributed by atoms with E-state index in [1.807, 2.05) is 6.79 Å². The van der Waals surface area contributed by atoms with Crippen molar-refractivity contribution in [3.05, 3.63) is 0 Å². The Balaban J connectivity index is -0.0000000480. The molecule has 0 spiro atoms. The second kappa shape index (κ2) is 17.3. The topological polar surface area (TPSA) is 110 Å². The van der Waals surface area contributed by atoms with Gasteiger partial charge in [0.15, 0.2) is 0 Å². The van der Waals surface area contributed by atoms with E-state index in [4.69, 9.17) is 18.1 Å². The van der Waals surface area contributed by atoms with E-state index in [1.165, 1.54) is 0 Å². The van der Waals surface area contributed by atoms with Gasteiger partial charge in [0, 0.05) is 0 Å². The Bertz CT molecular complexity index is 43.0. The highest BCUT2D eigenvalue weighted by Crippen LogP contribution is 1.44. The summed E-state index contributed by atoms with van der Waals surface area (Å²) >= 11 is -2.61. The molecule has 0 aromatic rings. The summed E-state index contributed by atoms with van der Waals surface area (Å²) in [6.45, 7) is 2.00. The number of carbonyl (C=O) groups is 1. The van der Waals surface area contributed by atoms with Crippen LogP contribution < -0.4 is 6.15 Å². The van der Waals surface area contributed by atoms with Crippen molar-refractivity contribution in [2.45, 2.75) is 0 Å². The first-order valence-electron chi connectivity index (χ1n) is 0.820. The van der Waals surface area contributed by atoms with Gasteiger partial charge in [-0.1, -0.05) is 0 Å². The SMILES string of the molecule is C=O.N.O=S(O)O. The van der Waals surface area contributed by atoms with Crippen LogP contribution in [0.1, 0.15) is 0 Å². The molecule has 0 aliphatic rings. The molecule has 46 valence electrons. The van der Waals surface area contributed by atoms with E-state index in [1.54, 1.807) is 0 Å². The molecule has 0 atom stereocenters. The molecule has 0 fully saturated rings. The van der Waals surface area contributed by atoms with Crippen LogP contribution in [-0.2, 0) is 16.2 Å². The maximum Gasteiger partial charge on any atom is 0.299 e. The summed E-state index contributed by atoms with van der Waals surface area (Å²) in [6.07, 6.45) is 0. The number of rotatable bonds is 0. The monoisotopic (exact) mass is 129 g/mol. The van der Waals surface area contributed by atoms with Crippen molar-refractivity contribution >= 4 is 18.2 Å². The van der Waals surface area contributed by atoms with Crippen LogP contribution in [0.25, 0.3) is 0 Å². The molecule has 0 aliphatic heterocycles. The van der Waals surface area contributed by atoms with Crippen LogP contribution in [0.15, 0.2) is 0 Å². The molecule has 0 aromatic heterocycles. The third kappa shape index (κ3) is 867. The maximum absolute atomic E-state index is 8.67. The largest absolute Gasteiger partial charge is 0.344 e. The van der Waals surface area contributed by atoms with Crippen LogP contribution in [0.5, 0.6) is 0 Å². The summed E-state index contributed by atoms with van der Waals surface area (Å²) in [4.78, 5) is 8.00. The Kier molecular flexibility index (Phi) is 39.2. The average Bonchev–Trinajstić information content (AvgIpc) is 1.41. The molecule has 0 aliphatic carbocycles. The minimum absolute atomic E-state index is 0.